The number of ether oxygens (including phenoxy) is 1. The molecule has 9 heteroatoms. The number of hydrogen-bond donors (Lipinski definition) is 0. The van der Waals surface area contributed by atoms with E-state index in [0.717, 1.165) is 5.56 Å². The maximum atomic E-state index is 13.1. The summed E-state index contributed by atoms with van der Waals surface area (Å²) in [7, 11) is 1.64. The lowest BCUT2D eigenvalue weighted by Crippen LogP contribution is -2.24. The Bertz CT molecular complexity index is 1270. The number of hydrogen-bond acceptors (Lipinski definition) is 6. The zero-order valence-electron chi connectivity index (χ0n) is 16.7. The predicted molar refractivity (Wildman–Crippen MR) is 124 cm³/mol. The minimum atomic E-state index is -0.104. The monoisotopic (exact) mass is 475 g/mol. The van der Waals surface area contributed by atoms with Gasteiger partial charge in [-0.15, -0.1) is 0 Å². The van der Waals surface area contributed by atoms with Gasteiger partial charge in [0.2, 0.25) is 5.89 Å². The van der Waals surface area contributed by atoms with Gasteiger partial charge in [-0.3, -0.25) is 9.36 Å². The van der Waals surface area contributed by atoms with E-state index in [0.29, 0.717) is 63.1 Å². The molecule has 31 heavy (non-hydrogen) atoms. The molecule has 0 spiro atoms. The Hall–Kier alpha value is -2.32. The Kier molecular flexibility index (Phi) is 6.97. The number of halogens is 2. The topological polar surface area (TPSA) is 70.2 Å². The molecule has 0 aliphatic heterocycles. The van der Waals surface area contributed by atoms with E-state index in [9.17, 15) is 4.79 Å². The van der Waals surface area contributed by atoms with E-state index in [4.69, 9.17) is 32.4 Å². The molecule has 160 valence electrons. The van der Waals surface area contributed by atoms with Crippen LogP contribution in [0.4, 0.5) is 0 Å². The van der Waals surface area contributed by atoms with Crippen LogP contribution in [-0.4, -0.2) is 28.3 Å². The maximum Gasteiger partial charge on any atom is 0.262 e. The van der Waals surface area contributed by atoms with Crippen LogP contribution in [0.1, 0.15) is 12.3 Å². The van der Waals surface area contributed by atoms with Gasteiger partial charge >= 0.3 is 0 Å². The lowest BCUT2D eigenvalue weighted by Gasteiger charge is -2.12. The van der Waals surface area contributed by atoms with Crippen molar-refractivity contribution in [1.29, 1.82) is 0 Å². The molecule has 0 aliphatic rings. The van der Waals surface area contributed by atoms with Crippen molar-refractivity contribution in [2.45, 2.75) is 23.9 Å². The minimum absolute atomic E-state index is 0.104. The van der Waals surface area contributed by atoms with Crippen molar-refractivity contribution >= 4 is 45.9 Å². The van der Waals surface area contributed by atoms with Crippen LogP contribution in [0.15, 0.2) is 63.0 Å². The van der Waals surface area contributed by atoms with Crippen LogP contribution in [0, 0.1) is 0 Å². The average molecular weight is 476 g/mol. The van der Waals surface area contributed by atoms with Crippen molar-refractivity contribution in [2.75, 3.05) is 13.7 Å². The van der Waals surface area contributed by atoms with Crippen LogP contribution in [0.5, 0.6) is 0 Å². The van der Waals surface area contributed by atoms with Crippen LogP contribution in [0.2, 0.25) is 10.0 Å². The predicted octanol–water partition coefficient (Wildman–Crippen LogP) is 5.69. The highest BCUT2D eigenvalue weighted by molar-refractivity contribution is 7.98. The van der Waals surface area contributed by atoms with Crippen molar-refractivity contribution < 1.29 is 9.15 Å². The van der Waals surface area contributed by atoms with E-state index in [1.54, 1.807) is 42.1 Å². The number of methoxy groups -OCH3 is 1. The summed E-state index contributed by atoms with van der Waals surface area (Å²) in [6, 6.07) is 12.5. The van der Waals surface area contributed by atoms with Crippen molar-refractivity contribution in [2.24, 2.45) is 0 Å². The van der Waals surface area contributed by atoms with Crippen molar-refractivity contribution in [3.05, 3.63) is 75.0 Å². The second-order valence-electron chi connectivity index (χ2n) is 6.78. The van der Waals surface area contributed by atoms with Gasteiger partial charge in [0, 0.05) is 35.9 Å². The number of benzene rings is 2. The van der Waals surface area contributed by atoms with E-state index >= 15 is 0 Å². The van der Waals surface area contributed by atoms with Gasteiger partial charge in [-0.1, -0.05) is 47.1 Å². The summed E-state index contributed by atoms with van der Waals surface area (Å²) >= 11 is 13.6. The third-order valence-electron chi connectivity index (χ3n) is 4.60. The second kappa shape index (κ2) is 9.87. The van der Waals surface area contributed by atoms with Gasteiger partial charge in [0.25, 0.3) is 5.56 Å². The maximum absolute atomic E-state index is 13.1. The van der Waals surface area contributed by atoms with Crippen LogP contribution < -0.4 is 5.56 Å². The van der Waals surface area contributed by atoms with Crippen LogP contribution in [0.3, 0.4) is 0 Å². The number of fused-ring (bicyclic) bond motifs is 1. The van der Waals surface area contributed by atoms with E-state index in [1.165, 1.54) is 11.8 Å². The highest BCUT2D eigenvalue weighted by Gasteiger charge is 2.14. The molecule has 0 amide bonds. The zero-order chi connectivity index (χ0) is 21.8. The molecule has 0 saturated carbocycles. The lowest BCUT2D eigenvalue weighted by atomic mass is 10.2. The van der Waals surface area contributed by atoms with Crippen LogP contribution in [-0.2, 0) is 17.0 Å². The first kappa shape index (κ1) is 21.9. The van der Waals surface area contributed by atoms with Gasteiger partial charge in [0.1, 0.15) is 0 Å². The number of oxazole rings is 1. The molecule has 4 aromatic rings. The molecule has 6 nitrogen and oxygen atoms in total. The van der Waals surface area contributed by atoms with Gasteiger partial charge in [0.05, 0.1) is 22.9 Å². The molecule has 0 bridgehead atoms. The third kappa shape index (κ3) is 5.13. The smallest absolute Gasteiger partial charge is 0.262 e. The number of nitrogens with zero attached hydrogens (tertiary/aromatic N) is 3. The molecular weight excluding hydrogens is 457 g/mol. The fourth-order valence-corrected chi connectivity index (χ4v) is 4.36. The highest BCUT2D eigenvalue weighted by atomic mass is 35.5. The Morgan fingerprint density at radius 1 is 1.16 bits per heavy atom. The quantitative estimate of drug-likeness (QED) is 0.185. The van der Waals surface area contributed by atoms with Gasteiger partial charge in [-0.05, 0) is 36.8 Å². The summed E-state index contributed by atoms with van der Waals surface area (Å²) in [5.74, 6) is 1.58. The largest absolute Gasteiger partial charge is 0.440 e. The molecule has 2 aromatic carbocycles. The van der Waals surface area contributed by atoms with Crippen molar-refractivity contribution in [3.63, 3.8) is 0 Å². The van der Waals surface area contributed by atoms with Crippen molar-refractivity contribution in [1.82, 2.24) is 14.5 Å². The molecule has 2 aromatic heterocycles. The summed E-state index contributed by atoms with van der Waals surface area (Å²) in [5.41, 5.74) is 1.31. The second-order valence-corrected chi connectivity index (χ2v) is 8.59. The molecule has 0 unspecified atom stereocenters. The molecule has 0 saturated heterocycles. The highest BCUT2D eigenvalue weighted by Crippen LogP contribution is 2.27. The summed E-state index contributed by atoms with van der Waals surface area (Å²) in [6.45, 7) is 1.05. The fourth-order valence-electron chi connectivity index (χ4n) is 3.13. The molecular formula is C22H19Cl2N3O3S. The van der Waals surface area contributed by atoms with Crippen LogP contribution >= 0.6 is 35.0 Å². The van der Waals surface area contributed by atoms with Gasteiger partial charge in [-0.25, -0.2) is 9.97 Å². The van der Waals surface area contributed by atoms with E-state index < -0.39 is 0 Å². The third-order valence-corrected chi connectivity index (χ3v) is 6.03. The summed E-state index contributed by atoms with van der Waals surface area (Å²) in [4.78, 5) is 22.1. The molecule has 0 N–H and O–H groups in total. The lowest BCUT2D eigenvalue weighted by molar-refractivity contribution is 0.189. The van der Waals surface area contributed by atoms with Crippen molar-refractivity contribution in [3.8, 4) is 11.3 Å². The zero-order valence-corrected chi connectivity index (χ0v) is 19.0. The van der Waals surface area contributed by atoms with Crippen LogP contribution in [0.25, 0.3) is 22.2 Å². The Morgan fingerprint density at radius 2 is 2.00 bits per heavy atom. The molecule has 2 heterocycles. The first-order chi connectivity index (χ1) is 15.0. The summed E-state index contributed by atoms with van der Waals surface area (Å²) in [5, 5.41) is 2.28. The van der Waals surface area contributed by atoms with Gasteiger partial charge in [0.15, 0.2) is 10.9 Å². The molecule has 4 rings (SSSR count). The summed E-state index contributed by atoms with van der Waals surface area (Å²) in [6.07, 6.45) is 2.36. The number of thioether (sulfide) groups is 1. The normalized spacial score (nSPS) is 11.3. The first-order valence-corrected chi connectivity index (χ1v) is 11.3. The standard InChI is InChI=1S/C22H19Cl2N3O3S/c1-29-9-3-8-27-21(28)17-7-6-16(24)11-18(17)26-22(27)31-13-20-25-12-19(30-20)14-4-2-5-15(23)10-14/h2,4-7,10-12H,3,8-9,13H2,1H3. The average Bonchev–Trinajstić information content (AvgIpc) is 3.23. The molecule has 0 atom stereocenters. The number of aromatic nitrogens is 3. The van der Waals surface area contributed by atoms with E-state index in [1.807, 2.05) is 18.2 Å². The molecule has 0 radical (unpaired) electrons. The first-order valence-electron chi connectivity index (χ1n) is 9.57. The summed E-state index contributed by atoms with van der Waals surface area (Å²) < 4.78 is 12.7. The SMILES string of the molecule is COCCCn1c(SCc2ncc(-c3cccc(Cl)c3)o2)nc2cc(Cl)ccc2c1=O. The molecule has 0 fully saturated rings. The number of rotatable bonds is 8. The van der Waals surface area contributed by atoms with Gasteiger partial charge in [-0.2, -0.15) is 0 Å². The fraction of sp³-hybridized carbons (Fsp3) is 0.227. The van der Waals surface area contributed by atoms with E-state index in [2.05, 4.69) is 9.97 Å². The van der Waals surface area contributed by atoms with E-state index in [-0.39, 0.29) is 5.56 Å². The Morgan fingerprint density at radius 3 is 2.81 bits per heavy atom. The minimum Gasteiger partial charge on any atom is -0.440 e. The Balaban J connectivity index is 1.61. The molecule has 0 aliphatic carbocycles. The Labute approximate surface area is 193 Å². The van der Waals surface area contributed by atoms with Gasteiger partial charge < -0.3 is 9.15 Å².